The zero-order chi connectivity index (χ0) is 26.2. The Balaban J connectivity index is 1.39. The van der Waals surface area contributed by atoms with Crippen LogP contribution in [0.1, 0.15) is 23.6 Å². The summed E-state index contributed by atoms with van der Waals surface area (Å²) in [4.78, 5) is 13.1. The first-order valence-electron chi connectivity index (χ1n) is 12.9. The van der Waals surface area contributed by atoms with E-state index in [4.69, 9.17) is 14.6 Å². The van der Waals surface area contributed by atoms with Crippen molar-refractivity contribution in [3.8, 4) is 16.9 Å². The highest BCUT2D eigenvalue weighted by atomic mass is 16.4. The molecule has 39 heavy (non-hydrogen) atoms. The minimum Gasteiger partial charge on any atom is -0.422 e. The summed E-state index contributed by atoms with van der Waals surface area (Å²) >= 11 is 0. The van der Waals surface area contributed by atoms with E-state index < -0.39 is 0 Å². The Kier molecular flexibility index (Phi) is 5.63. The van der Waals surface area contributed by atoms with Gasteiger partial charge in [0.1, 0.15) is 5.58 Å². The predicted molar refractivity (Wildman–Crippen MR) is 154 cm³/mol. The molecule has 0 radical (unpaired) electrons. The molecule has 4 aromatic carbocycles. The van der Waals surface area contributed by atoms with Gasteiger partial charge in [0.2, 0.25) is 0 Å². The first-order valence-corrected chi connectivity index (χ1v) is 12.9. The van der Waals surface area contributed by atoms with E-state index in [0.29, 0.717) is 23.3 Å². The minimum atomic E-state index is -0.385. The van der Waals surface area contributed by atoms with E-state index in [1.165, 1.54) is 0 Å². The number of hydrogen-bond donors (Lipinski definition) is 0. The van der Waals surface area contributed by atoms with Crippen molar-refractivity contribution in [3.05, 3.63) is 149 Å². The second-order valence-corrected chi connectivity index (χ2v) is 9.51. The van der Waals surface area contributed by atoms with Crippen LogP contribution in [-0.2, 0) is 0 Å². The number of aromatic nitrogens is 2. The lowest BCUT2D eigenvalue weighted by Crippen LogP contribution is -2.19. The van der Waals surface area contributed by atoms with Gasteiger partial charge in [-0.2, -0.15) is 10.2 Å². The maximum atomic E-state index is 13.1. The smallest absolute Gasteiger partial charge is 0.345 e. The molecule has 0 spiro atoms. The lowest BCUT2D eigenvalue weighted by atomic mass is 9.96. The number of fused-ring (bicyclic) bond motifs is 1. The SMILES string of the molecule is O=c1oc2ccccc2cc1C1=NN(c2ccccc2)C(c2cn(-c3ccccc3)nc2-c2ccccc2)C1. The lowest BCUT2D eigenvalue weighted by molar-refractivity contribution is 0.559. The fraction of sp³-hybridized carbons (Fsp3) is 0.0606. The monoisotopic (exact) mass is 508 g/mol. The highest BCUT2D eigenvalue weighted by Crippen LogP contribution is 2.40. The highest BCUT2D eigenvalue weighted by Gasteiger charge is 2.34. The summed E-state index contributed by atoms with van der Waals surface area (Å²) in [7, 11) is 0. The Labute approximate surface area is 225 Å². The zero-order valence-electron chi connectivity index (χ0n) is 21.0. The van der Waals surface area contributed by atoms with Crippen LogP contribution in [-0.4, -0.2) is 15.5 Å². The summed E-state index contributed by atoms with van der Waals surface area (Å²) in [5.74, 6) is 0. The Hall–Kier alpha value is -5.23. The van der Waals surface area contributed by atoms with E-state index in [1.807, 2.05) is 113 Å². The number of para-hydroxylation sites is 3. The van der Waals surface area contributed by atoms with Crippen LogP contribution in [0.2, 0.25) is 0 Å². The molecule has 1 atom stereocenters. The molecule has 0 fully saturated rings. The average Bonchev–Trinajstić information content (AvgIpc) is 3.64. The van der Waals surface area contributed by atoms with Gasteiger partial charge < -0.3 is 4.42 Å². The molecule has 0 saturated carbocycles. The summed E-state index contributed by atoms with van der Waals surface area (Å²) in [5, 5.41) is 12.9. The van der Waals surface area contributed by atoms with Gasteiger partial charge in [-0.1, -0.05) is 84.9 Å². The van der Waals surface area contributed by atoms with Crippen molar-refractivity contribution in [2.75, 3.05) is 5.01 Å². The maximum Gasteiger partial charge on any atom is 0.345 e. The van der Waals surface area contributed by atoms with Crippen LogP contribution >= 0.6 is 0 Å². The molecule has 6 heteroatoms. The average molecular weight is 509 g/mol. The molecule has 7 rings (SSSR count). The molecule has 3 heterocycles. The Morgan fingerprint density at radius 1 is 0.744 bits per heavy atom. The van der Waals surface area contributed by atoms with Gasteiger partial charge in [0.05, 0.1) is 34.4 Å². The van der Waals surface area contributed by atoms with Gasteiger partial charge in [0.25, 0.3) is 0 Å². The summed E-state index contributed by atoms with van der Waals surface area (Å²) in [6.45, 7) is 0. The molecular weight excluding hydrogens is 484 g/mol. The molecule has 188 valence electrons. The number of hydrazone groups is 1. The molecule has 0 bridgehead atoms. The topological polar surface area (TPSA) is 63.6 Å². The Morgan fingerprint density at radius 2 is 1.38 bits per heavy atom. The van der Waals surface area contributed by atoms with Crippen LogP contribution < -0.4 is 10.6 Å². The zero-order valence-corrected chi connectivity index (χ0v) is 21.0. The summed E-state index contributed by atoms with van der Waals surface area (Å²) < 4.78 is 7.59. The highest BCUT2D eigenvalue weighted by molar-refractivity contribution is 6.04. The molecule has 0 saturated heterocycles. The summed E-state index contributed by atoms with van der Waals surface area (Å²) in [5.41, 5.74) is 6.19. The fourth-order valence-electron chi connectivity index (χ4n) is 5.16. The third kappa shape index (κ3) is 4.22. The van der Waals surface area contributed by atoms with Gasteiger partial charge in [0, 0.05) is 29.1 Å². The molecule has 0 aliphatic carbocycles. The number of anilines is 1. The van der Waals surface area contributed by atoms with Crippen LogP contribution in [0.5, 0.6) is 0 Å². The third-order valence-electron chi connectivity index (χ3n) is 7.05. The summed E-state index contributed by atoms with van der Waals surface area (Å²) in [6, 6.07) is 39.6. The third-order valence-corrected chi connectivity index (χ3v) is 7.05. The van der Waals surface area contributed by atoms with E-state index in [0.717, 1.165) is 33.6 Å². The molecule has 0 amide bonds. The van der Waals surface area contributed by atoms with E-state index in [9.17, 15) is 4.79 Å². The Morgan fingerprint density at radius 3 is 2.13 bits per heavy atom. The van der Waals surface area contributed by atoms with Crippen molar-refractivity contribution in [1.29, 1.82) is 0 Å². The van der Waals surface area contributed by atoms with E-state index in [1.54, 1.807) is 6.07 Å². The van der Waals surface area contributed by atoms with E-state index in [2.05, 4.69) is 18.3 Å². The normalized spacial score (nSPS) is 15.0. The molecule has 0 N–H and O–H groups in total. The molecule has 1 unspecified atom stereocenters. The van der Waals surface area contributed by atoms with Gasteiger partial charge in [-0.3, -0.25) is 5.01 Å². The van der Waals surface area contributed by atoms with Gasteiger partial charge in [-0.15, -0.1) is 0 Å². The predicted octanol–water partition coefficient (Wildman–Crippen LogP) is 7.00. The van der Waals surface area contributed by atoms with Crippen molar-refractivity contribution >= 4 is 22.4 Å². The van der Waals surface area contributed by atoms with Crippen LogP contribution in [0.25, 0.3) is 27.9 Å². The molecule has 6 aromatic rings. The first-order chi connectivity index (χ1) is 19.2. The van der Waals surface area contributed by atoms with Gasteiger partial charge in [0.15, 0.2) is 0 Å². The van der Waals surface area contributed by atoms with E-state index >= 15 is 0 Å². The van der Waals surface area contributed by atoms with Gasteiger partial charge in [-0.25, -0.2) is 9.48 Å². The first kappa shape index (κ1) is 22.9. The molecule has 1 aliphatic heterocycles. The maximum absolute atomic E-state index is 13.1. The number of benzene rings is 4. The van der Waals surface area contributed by atoms with Crippen molar-refractivity contribution in [2.24, 2.45) is 5.10 Å². The second-order valence-electron chi connectivity index (χ2n) is 9.51. The molecule has 2 aromatic heterocycles. The molecular formula is C33H24N4O2. The molecule has 1 aliphatic rings. The van der Waals surface area contributed by atoms with Crippen molar-refractivity contribution in [2.45, 2.75) is 12.5 Å². The standard InChI is InChI=1S/C33H24N4O2/c38-33-27(20-24-14-10-11-19-31(24)39-33)29-21-30(37(34-29)26-17-8-3-9-18-26)28-22-36(25-15-6-2-7-16-25)35-32(28)23-12-4-1-5-13-23/h1-20,22,30H,21H2. The largest absolute Gasteiger partial charge is 0.422 e. The summed E-state index contributed by atoms with van der Waals surface area (Å²) in [6.07, 6.45) is 2.61. The van der Waals surface area contributed by atoms with Crippen LogP contribution in [0.3, 0.4) is 0 Å². The van der Waals surface area contributed by atoms with Crippen molar-refractivity contribution in [3.63, 3.8) is 0 Å². The van der Waals surface area contributed by atoms with Crippen LogP contribution in [0.15, 0.2) is 142 Å². The number of rotatable bonds is 5. The fourth-order valence-corrected chi connectivity index (χ4v) is 5.16. The molecule has 6 nitrogen and oxygen atoms in total. The quantitative estimate of drug-likeness (QED) is 0.235. The lowest BCUT2D eigenvalue weighted by Gasteiger charge is -2.23. The van der Waals surface area contributed by atoms with Crippen molar-refractivity contribution in [1.82, 2.24) is 9.78 Å². The second kappa shape index (κ2) is 9.58. The number of hydrogen-bond acceptors (Lipinski definition) is 5. The number of nitrogens with zero attached hydrogens (tertiary/aromatic N) is 4. The van der Waals surface area contributed by atoms with Gasteiger partial charge >= 0.3 is 5.63 Å². The van der Waals surface area contributed by atoms with Crippen LogP contribution in [0, 0.1) is 0 Å². The van der Waals surface area contributed by atoms with E-state index in [-0.39, 0.29) is 11.7 Å². The van der Waals surface area contributed by atoms with Crippen molar-refractivity contribution < 1.29 is 4.42 Å². The van der Waals surface area contributed by atoms with Gasteiger partial charge in [-0.05, 0) is 36.4 Å². The van der Waals surface area contributed by atoms with Crippen LogP contribution in [0.4, 0.5) is 5.69 Å². The minimum absolute atomic E-state index is 0.180. The Bertz CT molecular complexity index is 1860.